The summed E-state index contributed by atoms with van der Waals surface area (Å²) in [6, 6.07) is 9.69. The summed E-state index contributed by atoms with van der Waals surface area (Å²) >= 11 is 0. The lowest BCUT2D eigenvalue weighted by molar-refractivity contribution is -0.125. The van der Waals surface area contributed by atoms with Crippen LogP contribution in [-0.4, -0.2) is 28.8 Å². The monoisotopic (exact) mass is 374 g/mol. The third-order valence-electron chi connectivity index (χ3n) is 4.93. The Bertz CT molecular complexity index is 871. The summed E-state index contributed by atoms with van der Waals surface area (Å²) in [5.74, 6) is 0.873. The maximum Gasteiger partial charge on any atom is 0.225 e. The highest BCUT2D eigenvalue weighted by Crippen LogP contribution is 2.29. The zero-order valence-electron chi connectivity index (χ0n) is 14.8. The van der Waals surface area contributed by atoms with Gasteiger partial charge in [-0.1, -0.05) is 18.2 Å². The zero-order valence-corrected chi connectivity index (χ0v) is 15.6. The van der Waals surface area contributed by atoms with Crippen LogP contribution in [-0.2, 0) is 11.8 Å². The van der Waals surface area contributed by atoms with E-state index < -0.39 is 0 Å². The van der Waals surface area contributed by atoms with Crippen LogP contribution < -0.4 is 10.6 Å². The molecule has 3 heterocycles. The van der Waals surface area contributed by atoms with Crippen LogP contribution in [0.15, 0.2) is 47.1 Å². The Labute approximate surface area is 158 Å². The Morgan fingerprint density at radius 2 is 2.19 bits per heavy atom. The minimum absolute atomic E-state index is 0. The van der Waals surface area contributed by atoms with E-state index in [4.69, 9.17) is 4.42 Å². The quantitative estimate of drug-likeness (QED) is 0.736. The van der Waals surface area contributed by atoms with E-state index in [2.05, 4.69) is 15.7 Å². The van der Waals surface area contributed by atoms with Crippen LogP contribution in [0.2, 0.25) is 0 Å². The molecule has 7 heteroatoms. The third kappa shape index (κ3) is 3.48. The van der Waals surface area contributed by atoms with Crippen molar-refractivity contribution in [2.75, 3.05) is 13.1 Å². The van der Waals surface area contributed by atoms with Crippen LogP contribution in [0.5, 0.6) is 0 Å². The van der Waals surface area contributed by atoms with Crippen molar-refractivity contribution in [3.05, 3.63) is 54.0 Å². The maximum atomic E-state index is 12.8. The fourth-order valence-electron chi connectivity index (χ4n) is 3.54. The van der Waals surface area contributed by atoms with E-state index in [1.165, 1.54) is 0 Å². The number of nitrogens with one attached hydrogen (secondary N) is 2. The zero-order chi connectivity index (χ0) is 17.4. The first-order valence-corrected chi connectivity index (χ1v) is 8.60. The number of benzene rings is 1. The second kappa shape index (κ2) is 7.51. The van der Waals surface area contributed by atoms with Gasteiger partial charge in [0, 0.05) is 37.6 Å². The fourth-order valence-corrected chi connectivity index (χ4v) is 3.54. The summed E-state index contributed by atoms with van der Waals surface area (Å²) in [4.78, 5) is 12.8. The lowest BCUT2D eigenvalue weighted by Gasteiger charge is -2.19. The highest BCUT2D eigenvalue weighted by molar-refractivity contribution is 5.85. The molecule has 1 aromatic carbocycles. The summed E-state index contributed by atoms with van der Waals surface area (Å²) in [5.41, 5.74) is 1.94. The van der Waals surface area contributed by atoms with Crippen LogP contribution in [0.25, 0.3) is 11.0 Å². The van der Waals surface area contributed by atoms with Gasteiger partial charge in [0.2, 0.25) is 5.91 Å². The van der Waals surface area contributed by atoms with Crippen molar-refractivity contribution >= 4 is 29.3 Å². The van der Waals surface area contributed by atoms with E-state index in [0.29, 0.717) is 6.54 Å². The summed E-state index contributed by atoms with van der Waals surface area (Å²) in [6.45, 7) is 3.43. The average Bonchev–Trinajstić information content (AvgIpc) is 3.32. The second-order valence-electron chi connectivity index (χ2n) is 6.74. The lowest BCUT2D eigenvalue weighted by atomic mass is 9.90. The number of hydrogen-bond acceptors (Lipinski definition) is 4. The van der Waals surface area contributed by atoms with Crippen molar-refractivity contribution in [3.63, 3.8) is 0 Å². The SMILES string of the molecule is CC(NC(=O)[C@H]1CNC[C@@H]1c1cnn(C)c1)c1cc2ccccc2o1.Cl. The first-order valence-electron chi connectivity index (χ1n) is 8.60. The molecule has 0 bridgehead atoms. The Balaban J connectivity index is 0.00000196. The van der Waals surface area contributed by atoms with E-state index in [-0.39, 0.29) is 36.2 Å². The topological polar surface area (TPSA) is 72.1 Å². The lowest BCUT2D eigenvalue weighted by Crippen LogP contribution is -2.35. The third-order valence-corrected chi connectivity index (χ3v) is 4.93. The van der Waals surface area contributed by atoms with Gasteiger partial charge in [-0.3, -0.25) is 9.48 Å². The van der Waals surface area contributed by atoms with Gasteiger partial charge >= 0.3 is 0 Å². The fraction of sp³-hybridized carbons (Fsp3) is 0.368. The molecule has 3 aromatic rings. The number of furan rings is 1. The molecule has 1 amide bonds. The minimum atomic E-state index is -0.171. The van der Waals surface area contributed by atoms with Crippen LogP contribution >= 0.6 is 12.4 Å². The van der Waals surface area contributed by atoms with Crippen molar-refractivity contribution in [1.82, 2.24) is 20.4 Å². The van der Waals surface area contributed by atoms with Crippen molar-refractivity contribution in [1.29, 1.82) is 0 Å². The number of para-hydroxylation sites is 1. The Kier molecular flexibility index (Phi) is 5.34. The number of fused-ring (bicyclic) bond motifs is 1. The summed E-state index contributed by atoms with van der Waals surface area (Å²) in [5, 5.41) is 11.7. The molecule has 0 saturated carbocycles. The molecule has 1 unspecified atom stereocenters. The number of hydrogen-bond donors (Lipinski definition) is 2. The van der Waals surface area contributed by atoms with E-state index in [1.54, 1.807) is 4.68 Å². The highest BCUT2D eigenvalue weighted by atomic mass is 35.5. The molecule has 26 heavy (non-hydrogen) atoms. The van der Waals surface area contributed by atoms with Gasteiger partial charge in [0.05, 0.1) is 18.2 Å². The van der Waals surface area contributed by atoms with E-state index in [0.717, 1.165) is 28.8 Å². The van der Waals surface area contributed by atoms with Crippen LogP contribution in [0.3, 0.4) is 0 Å². The van der Waals surface area contributed by atoms with Gasteiger partial charge in [-0.15, -0.1) is 12.4 Å². The molecule has 0 radical (unpaired) electrons. The van der Waals surface area contributed by atoms with Crippen LogP contribution in [0.4, 0.5) is 0 Å². The van der Waals surface area contributed by atoms with Crippen molar-refractivity contribution in [3.8, 4) is 0 Å². The molecule has 0 spiro atoms. The molecule has 1 aliphatic heterocycles. The smallest absolute Gasteiger partial charge is 0.225 e. The van der Waals surface area contributed by atoms with Crippen molar-refractivity contribution in [2.24, 2.45) is 13.0 Å². The number of amides is 1. The first-order chi connectivity index (χ1) is 12.1. The molecule has 1 aliphatic rings. The maximum absolute atomic E-state index is 12.8. The van der Waals surface area contributed by atoms with Crippen molar-refractivity contribution in [2.45, 2.75) is 18.9 Å². The van der Waals surface area contributed by atoms with Gasteiger partial charge in [0.25, 0.3) is 0 Å². The normalized spacial score (nSPS) is 20.7. The molecule has 2 aromatic heterocycles. The number of carbonyl (C=O) groups excluding carboxylic acids is 1. The van der Waals surface area contributed by atoms with Crippen LogP contribution in [0, 0.1) is 5.92 Å². The van der Waals surface area contributed by atoms with E-state index in [9.17, 15) is 4.79 Å². The summed E-state index contributed by atoms with van der Waals surface area (Å²) in [7, 11) is 1.89. The molecule has 138 valence electrons. The second-order valence-corrected chi connectivity index (χ2v) is 6.74. The molecule has 6 nitrogen and oxygen atoms in total. The number of nitrogens with zero attached hydrogens (tertiary/aromatic N) is 2. The number of aromatic nitrogens is 2. The van der Waals surface area contributed by atoms with E-state index in [1.807, 2.05) is 56.7 Å². The van der Waals surface area contributed by atoms with Gasteiger partial charge in [-0.2, -0.15) is 5.10 Å². The molecule has 3 atom stereocenters. The van der Waals surface area contributed by atoms with E-state index >= 15 is 0 Å². The predicted octanol–water partition coefficient (Wildman–Crippen LogP) is 2.77. The highest BCUT2D eigenvalue weighted by Gasteiger charge is 2.35. The Morgan fingerprint density at radius 3 is 2.92 bits per heavy atom. The number of halogens is 1. The summed E-state index contributed by atoms with van der Waals surface area (Å²) in [6.07, 6.45) is 3.83. The van der Waals surface area contributed by atoms with Gasteiger partial charge in [-0.25, -0.2) is 0 Å². The molecule has 1 saturated heterocycles. The number of aryl methyl sites for hydroxylation is 1. The Morgan fingerprint density at radius 1 is 1.38 bits per heavy atom. The van der Waals surface area contributed by atoms with Crippen LogP contribution in [0.1, 0.15) is 30.2 Å². The van der Waals surface area contributed by atoms with Gasteiger partial charge in [0.15, 0.2) is 0 Å². The number of carbonyl (C=O) groups is 1. The molecular formula is C19H23ClN4O2. The molecular weight excluding hydrogens is 352 g/mol. The van der Waals surface area contributed by atoms with Crippen molar-refractivity contribution < 1.29 is 9.21 Å². The minimum Gasteiger partial charge on any atom is -0.459 e. The van der Waals surface area contributed by atoms with Gasteiger partial charge in [0.1, 0.15) is 11.3 Å². The predicted molar refractivity (Wildman–Crippen MR) is 102 cm³/mol. The summed E-state index contributed by atoms with van der Waals surface area (Å²) < 4.78 is 7.64. The Hall–Kier alpha value is -2.31. The average molecular weight is 375 g/mol. The number of rotatable bonds is 4. The first kappa shape index (κ1) is 18.5. The largest absolute Gasteiger partial charge is 0.459 e. The van der Waals surface area contributed by atoms with Gasteiger partial charge < -0.3 is 15.1 Å². The standard InChI is InChI=1S/C19H22N4O2.ClH/c1-12(18-7-13-5-3-4-6-17(13)25-18)22-19(24)16-10-20-9-15(16)14-8-21-23(2)11-14;/h3-8,11-12,15-16,20H,9-10H2,1-2H3,(H,22,24);1H/t12?,15-,16+;/m1./s1. The molecule has 2 N–H and O–H groups in total. The van der Waals surface area contributed by atoms with Gasteiger partial charge in [-0.05, 0) is 24.6 Å². The molecule has 1 fully saturated rings. The molecule has 0 aliphatic carbocycles. The molecule has 4 rings (SSSR count).